The molecule has 1 atom stereocenters. The molecule has 1 rings (SSSR count). The minimum absolute atomic E-state index is 0.0762. The first-order valence-electron chi connectivity index (χ1n) is 4.39. The number of ether oxygens (including phenoxy) is 1. The van der Waals surface area contributed by atoms with E-state index in [-0.39, 0.29) is 18.7 Å². The van der Waals surface area contributed by atoms with Gasteiger partial charge >= 0.3 is 0 Å². The highest BCUT2D eigenvalue weighted by Gasteiger charge is 2.16. The summed E-state index contributed by atoms with van der Waals surface area (Å²) in [5.74, 6) is 0. The Balaban J connectivity index is 2.79. The van der Waals surface area contributed by atoms with Gasteiger partial charge in [0, 0.05) is 25.3 Å². The third-order valence-corrected chi connectivity index (χ3v) is 1.90. The van der Waals surface area contributed by atoms with Crippen LogP contribution in [0.3, 0.4) is 0 Å². The fourth-order valence-corrected chi connectivity index (χ4v) is 1.26. The molecule has 0 aliphatic rings. The van der Waals surface area contributed by atoms with Gasteiger partial charge in [0.1, 0.15) is 6.20 Å². The molecule has 6 heteroatoms. The van der Waals surface area contributed by atoms with Gasteiger partial charge in [-0.3, -0.25) is 15.1 Å². The van der Waals surface area contributed by atoms with Crippen LogP contribution >= 0.6 is 0 Å². The summed E-state index contributed by atoms with van der Waals surface area (Å²) >= 11 is 0. The average molecular weight is 212 g/mol. The van der Waals surface area contributed by atoms with Crippen LogP contribution in [0.5, 0.6) is 0 Å². The van der Waals surface area contributed by atoms with Crippen molar-refractivity contribution < 1.29 is 14.8 Å². The zero-order valence-corrected chi connectivity index (χ0v) is 8.29. The molecule has 0 saturated heterocycles. The van der Waals surface area contributed by atoms with Gasteiger partial charge in [-0.1, -0.05) is 0 Å². The van der Waals surface area contributed by atoms with Gasteiger partial charge < -0.3 is 9.84 Å². The fraction of sp³-hybridized carbons (Fsp3) is 0.444. The van der Waals surface area contributed by atoms with Crippen LogP contribution in [0.2, 0.25) is 0 Å². The Kier molecular flexibility index (Phi) is 4.14. The summed E-state index contributed by atoms with van der Waals surface area (Å²) in [6, 6.07) is 1.52. The van der Waals surface area contributed by atoms with Gasteiger partial charge in [-0.05, 0) is 6.07 Å². The molecule has 0 bridgehead atoms. The van der Waals surface area contributed by atoms with Crippen molar-refractivity contribution in [2.75, 3.05) is 13.7 Å². The Bertz CT molecular complexity index is 343. The molecule has 6 nitrogen and oxygen atoms in total. The van der Waals surface area contributed by atoms with Gasteiger partial charge in [0.2, 0.25) is 0 Å². The molecule has 1 N–H and O–H groups in total. The predicted molar refractivity (Wildman–Crippen MR) is 52.5 cm³/mol. The molecular formula is C9H12N2O4. The monoisotopic (exact) mass is 212 g/mol. The second-order valence-corrected chi connectivity index (χ2v) is 3.07. The maximum atomic E-state index is 10.6. The van der Waals surface area contributed by atoms with E-state index in [1.807, 2.05) is 0 Å². The van der Waals surface area contributed by atoms with Crippen molar-refractivity contribution in [3.05, 3.63) is 34.1 Å². The molecule has 15 heavy (non-hydrogen) atoms. The van der Waals surface area contributed by atoms with Gasteiger partial charge in [0.25, 0.3) is 5.69 Å². The Morgan fingerprint density at radius 2 is 2.47 bits per heavy atom. The summed E-state index contributed by atoms with van der Waals surface area (Å²) < 4.78 is 4.74. The summed E-state index contributed by atoms with van der Waals surface area (Å²) in [4.78, 5) is 13.8. The summed E-state index contributed by atoms with van der Waals surface area (Å²) in [6.45, 7) is 0.152. The second-order valence-electron chi connectivity index (χ2n) is 3.07. The zero-order chi connectivity index (χ0) is 11.3. The predicted octanol–water partition coefficient (Wildman–Crippen LogP) is 0.540. The van der Waals surface area contributed by atoms with Crippen LogP contribution in [-0.4, -0.2) is 34.8 Å². The van der Waals surface area contributed by atoms with Crippen molar-refractivity contribution in [2.45, 2.75) is 12.5 Å². The van der Waals surface area contributed by atoms with E-state index in [2.05, 4.69) is 4.98 Å². The largest absolute Gasteiger partial charge is 0.390 e. The number of aliphatic hydroxyl groups excluding tert-OH is 1. The molecule has 82 valence electrons. The molecule has 0 aliphatic carbocycles. The number of nitro groups is 1. The number of methoxy groups -OCH3 is 1. The lowest BCUT2D eigenvalue weighted by atomic mass is 10.1. The van der Waals surface area contributed by atoms with Gasteiger partial charge in [0.15, 0.2) is 0 Å². The van der Waals surface area contributed by atoms with E-state index in [1.165, 1.54) is 25.6 Å². The third kappa shape index (κ3) is 3.26. The maximum absolute atomic E-state index is 10.6. The van der Waals surface area contributed by atoms with E-state index in [4.69, 9.17) is 4.74 Å². The van der Waals surface area contributed by atoms with E-state index >= 15 is 0 Å². The number of rotatable bonds is 5. The van der Waals surface area contributed by atoms with Crippen molar-refractivity contribution in [2.24, 2.45) is 0 Å². The molecule has 1 heterocycles. The quantitative estimate of drug-likeness (QED) is 0.568. The van der Waals surface area contributed by atoms with Crippen LogP contribution in [0.1, 0.15) is 5.56 Å². The SMILES string of the molecule is COCC(O)Cc1ccncc1[N+](=O)[O-]. The first-order valence-corrected chi connectivity index (χ1v) is 4.39. The van der Waals surface area contributed by atoms with Crippen molar-refractivity contribution in [1.82, 2.24) is 4.98 Å². The summed E-state index contributed by atoms with van der Waals surface area (Å²) in [5.41, 5.74) is 0.382. The Morgan fingerprint density at radius 1 is 1.73 bits per heavy atom. The fourth-order valence-electron chi connectivity index (χ4n) is 1.26. The highest BCUT2D eigenvalue weighted by Crippen LogP contribution is 2.17. The molecule has 0 spiro atoms. The molecule has 0 radical (unpaired) electrons. The highest BCUT2D eigenvalue weighted by molar-refractivity contribution is 5.37. The molecule has 0 saturated carbocycles. The van der Waals surface area contributed by atoms with Crippen molar-refractivity contribution in [1.29, 1.82) is 0 Å². The molecule has 1 unspecified atom stereocenters. The Hall–Kier alpha value is -1.53. The van der Waals surface area contributed by atoms with Crippen LogP contribution in [0.4, 0.5) is 5.69 Å². The normalized spacial score (nSPS) is 12.4. The minimum Gasteiger partial charge on any atom is -0.390 e. The van der Waals surface area contributed by atoms with E-state index in [0.29, 0.717) is 5.56 Å². The number of nitrogens with zero attached hydrogens (tertiary/aromatic N) is 2. The molecule has 1 aromatic heterocycles. The molecule has 0 fully saturated rings. The Labute approximate surface area is 86.7 Å². The van der Waals surface area contributed by atoms with Crippen LogP contribution in [0.15, 0.2) is 18.5 Å². The van der Waals surface area contributed by atoms with E-state index in [9.17, 15) is 15.2 Å². The first kappa shape index (κ1) is 11.5. The van der Waals surface area contributed by atoms with Crippen LogP contribution < -0.4 is 0 Å². The van der Waals surface area contributed by atoms with Gasteiger partial charge in [-0.25, -0.2) is 0 Å². The lowest BCUT2D eigenvalue weighted by Gasteiger charge is -2.08. The summed E-state index contributed by atoms with van der Waals surface area (Å²) in [7, 11) is 1.46. The molecule has 1 aromatic rings. The smallest absolute Gasteiger partial charge is 0.290 e. The topological polar surface area (TPSA) is 85.5 Å². The molecule has 0 aromatic carbocycles. The van der Waals surface area contributed by atoms with Crippen molar-refractivity contribution in [3.8, 4) is 0 Å². The van der Waals surface area contributed by atoms with Crippen LogP contribution in [-0.2, 0) is 11.2 Å². The second kappa shape index (κ2) is 5.38. The van der Waals surface area contributed by atoms with E-state index < -0.39 is 11.0 Å². The van der Waals surface area contributed by atoms with Crippen molar-refractivity contribution >= 4 is 5.69 Å². The van der Waals surface area contributed by atoms with E-state index in [0.717, 1.165) is 0 Å². The van der Waals surface area contributed by atoms with Crippen molar-refractivity contribution in [3.63, 3.8) is 0 Å². The van der Waals surface area contributed by atoms with Crippen LogP contribution in [0, 0.1) is 10.1 Å². The lowest BCUT2D eigenvalue weighted by Crippen LogP contribution is -2.17. The van der Waals surface area contributed by atoms with Gasteiger partial charge in [-0.15, -0.1) is 0 Å². The Morgan fingerprint density at radius 3 is 3.07 bits per heavy atom. The highest BCUT2D eigenvalue weighted by atomic mass is 16.6. The van der Waals surface area contributed by atoms with E-state index in [1.54, 1.807) is 0 Å². The number of aromatic nitrogens is 1. The maximum Gasteiger partial charge on any atom is 0.290 e. The minimum atomic E-state index is -0.740. The number of aliphatic hydroxyl groups is 1. The summed E-state index contributed by atoms with van der Waals surface area (Å²) in [6.07, 6.45) is 2.08. The molecule has 0 aliphatic heterocycles. The summed E-state index contributed by atoms with van der Waals surface area (Å²) in [5, 5.41) is 20.1. The van der Waals surface area contributed by atoms with Gasteiger partial charge in [-0.2, -0.15) is 0 Å². The number of pyridine rings is 1. The lowest BCUT2D eigenvalue weighted by molar-refractivity contribution is -0.386. The van der Waals surface area contributed by atoms with Crippen LogP contribution in [0.25, 0.3) is 0 Å². The third-order valence-electron chi connectivity index (χ3n) is 1.90. The van der Waals surface area contributed by atoms with Gasteiger partial charge in [0.05, 0.1) is 17.6 Å². The first-order chi connectivity index (χ1) is 7.15. The average Bonchev–Trinajstić information content (AvgIpc) is 2.18. The molecular weight excluding hydrogens is 200 g/mol. The number of hydrogen-bond donors (Lipinski definition) is 1. The zero-order valence-electron chi connectivity index (χ0n) is 8.29. The number of hydrogen-bond acceptors (Lipinski definition) is 5. The molecule has 0 amide bonds. The standard InChI is InChI=1S/C9H12N2O4/c1-15-6-8(12)4-7-2-3-10-5-9(7)11(13)14/h2-3,5,8,12H,4,6H2,1H3.